The first-order valence-corrected chi connectivity index (χ1v) is 4.60. The maximum Gasteiger partial charge on any atom is 0.407 e. The SMILES string of the molecule is CN(CCNC(=O)C(N)CC(N)=O)C(=O)O. The van der Waals surface area contributed by atoms with Gasteiger partial charge in [-0.1, -0.05) is 0 Å². The molecule has 6 N–H and O–H groups in total. The van der Waals surface area contributed by atoms with Crippen LogP contribution in [-0.2, 0) is 9.59 Å². The second-order valence-electron chi connectivity index (χ2n) is 3.27. The summed E-state index contributed by atoms with van der Waals surface area (Å²) in [4.78, 5) is 33.1. The fourth-order valence-electron chi connectivity index (χ4n) is 0.883. The van der Waals surface area contributed by atoms with Crippen molar-refractivity contribution in [3.05, 3.63) is 0 Å². The first-order chi connectivity index (χ1) is 7.34. The second-order valence-corrected chi connectivity index (χ2v) is 3.27. The summed E-state index contributed by atoms with van der Waals surface area (Å²) in [5.41, 5.74) is 10.2. The van der Waals surface area contributed by atoms with E-state index < -0.39 is 23.9 Å². The average Bonchev–Trinajstić information content (AvgIpc) is 2.15. The van der Waals surface area contributed by atoms with Gasteiger partial charge in [-0.3, -0.25) is 9.59 Å². The van der Waals surface area contributed by atoms with Crippen LogP contribution < -0.4 is 16.8 Å². The van der Waals surface area contributed by atoms with Crippen molar-refractivity contribution in [2.75, 3.05) is 20.1 Å². The van der Waals surface area contributed by atoms with Gasteiger partial charge in [0.15, 0.2) is 0 Å². The standard InChI is InChI=1S/C8H16N4O4/c1-12(8(15)16)3-2-11-7(14)5(9)4-6(10)13/h5H,2-4,9H2,1H3,(H2,10,13)(H,11,14)(H,15,16). The molecule has 8 heteroatoms. The molecule has 92 valence electrons. The smallest absolute Gasteiger partial charge is 0.407 e. The maximum absolute atomic E-state index is 11.2. The molecule has 1 unspecified atom stereocenters. The molecule has 0 saturated carbocycles. The van der Waals surface area contributed by atoms with E-state index in [0.29, 0.717) is 0 Å². The molecule has 0 aliphatic rings. The molecule has 0 spiro atoms. The van der Waals surface area contributed by atoms with Gasteiger partial charge in [-0.2, -0.15) is 0 Å². The van der Waals surface area contributed by atoms with Crippen LogP contribution in [0.4, 0.5) is 4.79 Å². The predicted molar refractivity (Wildman–Crippen MR) is 55.5 cm³/mol. The van der Waals surface area contributed by atoms with Crippen molar-refractivity contribution in [1.82, 2.24) is 10.2 Å². The van der Waals surface area contributed by atoms with Gasteiger partial charge in [0.1, 0.15) is 0 Å². The molecule has 0 heterocycles. The zero-order chi connectivity index (χ0) is 12.7. The second kappa shape index (κ2) is 6.62. The van der Waals surface area contributed by atoms with Crippen LogP contribution >= 0.6 is 0 Å². The van der Waals surface area contributed by atoms with E-state index in [-0.39, 0.29) is 19.5 Å². The van der Waals surface area contributed by atoms with Crippen molar-refractivity contribution in [3.8, 4) is 0 Å². The Kier molecular flexibility index (Phi) is 5.86. The van der Waals surface area contributed by atoms with Crippen LogP contribution in [0, 0.1) is 0 Å². The highest BCUT2D eigenvalue weighted by Gasteiger charge is 2.15. The van der Waals surface area contributed by atoms with E-state index in [1.165, 1.54) is 7.05 Å². The number of primary amides is 1. The predicted octanol–water partition coefficient (Wildman–Crippen LogP) is -2.08. The van der Waals surface area contributed by atoms with E-state index in [2.05, 4.69) is 5.32 Å². The number of nitrogens with two attached hydrogens (primary N) is 2. The van der Waals surface area contributed by atoms with Gasteiger partial charge in [0, 0.05) is 20.1 Å². The number of rotatable bonds is 6. The van der Waals surface area contributed by atoms with Gasteiger partial charge in [0.05, 0.1) is 12.5 Å². The highest BCUT2D eigenvalue weighted by atomic mass is 16.4. The Labute approximate surface area is 92.6 Å². The molecule has 8 nitrogen and oxygen atoms in total. The lowest BCUT2D eigenvalue weighted by atomic mass is 10.2. The molecule has 0 bridgehead atoms. The highest BCUT2D eigenvalue weighted by Crippen LogP contribution is 1.87. The summed E-state index contributed by atoms with van der Waals surface area (Å²) in [6.45, 7) is 0.276. The van der Waals surface area contributed by atoms with Crippen LogP contribution in [0.25, 0.3) is 0 Å². The van der Waals surface area contributed by atoms with E-state index in [0.717, 1.165) is 4.90 Å². The lowest BCUT2D eigenvalue weighted by Gasteiger charge is -2.14. The van der Waals surface area contributed by atoms with E-state index in [1.807, 2.05) is 0 Å². The fraction of sp³-hybridized carbons (Fsp3) is 0.625. The van der Waals surface area contributed by atoms with Crippen LogP contribution in [0.1, 0.15) is 6.42 Å². The Morgan fingerprint density at radius 2 is 2.00 bits per heavy atom. The number of likely N-dealkylation sites (N-methyl/N-ethyl adjacent to an activating group) is 1. The number of nitrogens with one attached hydrogen (secondary N) is 1. The van der Waals surface area contributed by atoms with Crippen molar-refractivity contribution in [2.45, 2.75) is 12.5 Å². The van der Waals surface area contributed by atoms with Crippen molar-refractivity contribution in [1.29, 1.82) is 0 Å². The molecule has 0 aliphatic heterocycles. The summed E-state index contributed by atoms with van der Waals surface area (Å²) in [7, 11) is 1.37. The summed E-state index contributed by atoms with van der Waals surface area (Å²) in [5.74, 6) is -1.19. The Morgan fingerprint density at radius 3 is 2.44 bits per heavy atom. The molecule has 0 aromatic rings. The first-order valence-electron chi connectivity index (χ1n) is 4.60. The Morgan fingerprint density at radius 1 is 1.44 bits per heavy atom. The van der Waals surface area contributed by atoms with Crippen LogP contribution in [0.3, 0.4) is 0 Å². The Balaban J connectivity index is 3.81. The highest BCUT2D eigenvalue weighted by molar-refractivity contribution is 5.87. The molecule has 1 atom stereocenters. The first kappa shape index (κ1) is 14.2. The van der Waals surface area contributed by atoms with Gasteiger partial charge in [-0.25, -0.2) is 4.79 Å². The molecule has 0 aliphatic carbocycles. The molecule has 0 aromatic carbocycles. The maximum atomic E-state index is 11.2. The number of hydrogen-bond donors (Lipinski definition) is 4. The fourth-order valence-corrected chi connectivity index (χ4v) is 0.883. The molecular weight excluding hydrogens is 216 g/mol. The minimum atomic E-state index is -1.09. The summed E-state index contributed by atoms with van der Waals surface area (Å²) < 4.78 is 0. The van der Waals surface area contributed by atoms with Crippen LogP contribution in [0.2, 0.25) is 0 Å². The van der Waals surface area contributed by atoms with E-state index >= 15 is 0 Å². The van der Waals surface area contributed by atoms with Gasteiger partial charge in [-0.05, 0) is 0 Å². The molecule has 0 rings (SSSR count). The molecule has 0 saturated heterocycles. The Hall–Kier alpha value is -1.83. The molecule has 0 fully saturated rings. The van der Waals surface area contributed by atoms with Gasteiger partial charge in [0.2, 0.25) is 11.8 Å². The summed E-state index contributed by atoms with van der Waals surface area (Å²) in [6.07, 6.45) is -1.32. The number of carbonyl (C=O) groups excluding carboxylic acids is 2. The molecule has 0 radical (unpaired) electrons. The molecule has 0 aromatic heterocycles. The Bertz CT molecular complexity index is 281. The van der Waals surface area contributed by atoms with E-state index in [9.17, 15) is 14.4 Å². The van der Waals surface area contributed by atoms with Crippen molar-refractivity contribution in [3.63, 3.8) is 0 Å². The van der Waals surface area contributed by atoms with Crippen molar-refractivity contribution >= 4 is 17.9 Å². The van der Waals surface area contributed by atoms with Crippen LogP contribution in [-0.4, -0.2) is 54.1 Å². The molecule has 16 heavy (non-hydrogen) atoms. The topological polar surface area (TPSA) is 139 Å². The van der Waals surface area contributed by atoms with Crippen LogP contribution in [0.5, 0.6) is 0 Å². The minimum absolute atomic E-state index is 0.133. The number of carbonyl (C=O) groups is 3. The molecule has 3 amide bonds. The number of hydrogen-bond acceptors (Lipinski definition) is 4. The lowest BCUT2D eigenvalue weighted by molar-refractivity contribution is -0.126. The number of nitrogens with zero attached hydrogens (tertiary/aromatic N) is 1. The number of carboxylic acid groups (broad SMARTS) is 1. The van der Waals surface area contributed by atoms with Gasteiger partial charge in [0.25, 0.3) is 0 Å². The minimum Gasteiger partial charge on any atom is -0.465 e. The summed E-state index contributed by atoms with van der Waals surface area (Å²) >= 11 is 0. The summed E-state index contributed by atoms with van der Waals surface area (Å²) in [5, 5.41) is 10.9. The van der Waals surface area contributed by atoms with E-state index in [1.54, 1.807) is 0 Å². The van der Waals surface area contributed by atoms with Crippen molar-refractivity contribution < 1.29 is 19.5 Å². The zero-order valence-electron chi connectivity index (χ0n) is 8.97. The van der Waals surface area contributed by atoms with Gasteiger partial charge >= 0.3 is 6.09 Å². The third-order valence-corrected chi connectivity index (χ3v) is 1.83. The zero-order valence-corrected chi connectivity index (χ0v) is 8.97. The quantitative estimate of drug-likeness (QED) is 0.416. The van der Waals surface area contributed by atoms with Crippen LogP contribution in [0.15, 0.2) is 0 Å². The van der Waals surface area contributed by atoms with Crippen molar-refractivity contribution in [2.24, 2.45) is 11.5 Å². The third kappa shape index (κ3) is 5.81. The van der Waals surface area contributed by atoms with Gasteiger partial charge in [-0.15, -0.1) is 0 Å². The average molecular weight is 232 g/mol. The third-order valence-electron chi connectivity index (χ3n) is 1.83. The number of amides is 3. The van der Waals surface area contributed by atoms with E-state index in [4.69, 9.17) is 16.6 Å². The largest absolute Gasteiger partial charge is 0.465 e. The lowest BCUT2D eigenvalue weighted by Crippen LogP contribution is -2.45. The molecular formula is C8H16N4O4. The normalized spacial score (nSPS) is 11.6. The van der Waals surface area contributed by atoms with Gasteiger partial charge < -0.3 is 26.8 Å². The monoisotopic (exact) mass is 232 g/mol. The summed E-state index contributed by atoms with van der Waals surface area (Å²) in [6, 6.07) is -0.993.